The van der Waals surface area contributed by atoms with E-state index >= 15 is 0 Å². The van der Waals surface area contributed by atoms with Crippen molar-refractivity contribution in [1.82, 2.24) is 14.7 Å². The minimum atomic E-state index is -1.09. The summed E-state index contributed by atoms with van der Waals surface area (Å²) in [6, 6.07) is 5.59. The normalized spacial score (nSPS) is 22.4. The monoisotopic (exact) mass is 391 g/mol. The molecular weight excluding hydrogens is 365 g/mol. The molecule has 8 heteroatoms. The van der Waals surface area contributed by atoms with Gasteiger partial charge in [-0.05, 0) is 30.5 Å². The zero-order valence-corrected chi connectivity index (χ0v) is 16.0. The number of unbranched alkanes of at least 4 members (excludes halogenated alkanes) is 1. The van der Waals surface area contributed by atoms with Crippen LogP contribution in [0, 0.1) is 5.82 Å². The minimum Gasteiger partial charge on any atom is -0.465 e. The van der Waals surface area contributed by atoms with Crippen molar-refractivity contribution in [2.24, 2.45) is 0 Å². The molecule has 3 rings (SSSR count). The van der Waals surface area contributed by atoms with Gasteiger partial charge in [0.2, 0.25) is 11.8 Å². The fourth-order valence-corrected chi connectivity index (χ4v) is 4.04. The van der Waals surface area contributed by atoms with Crippen molar-refractivity contribution in [3.8, 4) is 0 Å². The summed E-state index contributed by atoms with van der Waals surface area (Å²) in [6.45, 7) is 2.65. The summed E-state index contributed by atoms with van der Waals surface area (Å²) < 4.78 is 13.4. The molecule has 2 saturated heterocycles. The molecule has 0 aromatic heterocycles. The Morgan fingerprint density at radius 3 is 2.79 bits per heavy atom. The van der Waals surface area contributed by atoms with E-state index in [4.69, 9.17) is 0 Å². The third-order valence-corrected chi connectivity index (χ3v) is 5.49. The number of carbonyl (C=O) groups is 3. The Balaban J connectivity index is 1.81. The number of hydrogen-bond donors (Lipinski definition) is 1. The fraction of sp³-hybridized carbons (Fsp3) is 0.550. The van der Waals surface area contributed by atoms with Gasteiger partial charge in [-0.1, -0.05) is 31.9 Å². The molecule has 2 fully saturated rings. The van der Waals surface area contributed by atoms with Gasteiger partial charge in [0.05, 0.1) is 6.54 Å². The number of halogens is 1. The van der Waals surface area contributed by atoms with Crippen LogP contribution in [-0.4, -0.2) is 69.6 Å². The first-order valence-corrected chi connectivity index (χ1v) is 9.76. The number of rotatable bonds is 6. The van der Waals surface area contributed by atoms with E-state index in [1.54, 1.807) is 17.0 Å². The highest BCUT2D eigenvalue weighted by Crippen LogP contribution is 2.28. The Kier molecular flexibility index (Phi) is 6.16. The summed E-state index contributed by atoms with van der Waals surface area (Å²) in [5.74, 6) is -0.646. The number of carbonyl (C=O) groups excluding carboxylic acids is 2. The number of piperazine rings is 1. The second-order valence-electron chi connectivity index (χ2n) is 7.33. The van der Waals surface area contributed by atoms with Crippen LogP contribution < -0.4 is 0 Å². The molecule has 0 unspecified atom stereocenters. The van der Waals surface area contributed by atoms with E-state index in [2.05, 4.69) is 0 Å². The van der Waals surface area contributed by atoms with E-state index < -0.39 is 18.3 Å². The van der Waals surface area contributed by atoms with Crippen molar-refractivity contribution in [1.29, 1.82) is 0 Å². The third kappa shape index (κ3) is 4.10. The number of hydrogen-bond acceptors (Lipinski definition) is 3. The lowest BCUT2D eigenvalue weighted by molar-refractivity contribution is -0.168. The molecule has 1 aromatic carbocycles. The molecule has 0 spiro atoms. The van der Waals surface area contributed by atoms with E-state index in [0.29, 0.717) is 19.4 Å². The maximum Gasteiger partial charge on any atom is 0.409 e. The summed E-state index contributed by atoms with van der Waals surface area (Å²) >= 11 is 0. The van der Waals surface area contributed by atoms with Gasteiger partial charge in [-0.3, -0.25) is 14.5 Å². The van der Waals surface area contributed by atoms with Gasteiger partial charge < -0.3 is 14.9 Å². The molecular formula is C20H26FN3O4. The predicted molar refractivity (Wildman–Crippen MR) is 100.0 cm³/mol. The Bertz CT molecular complexity index is 757. The molecule has 2 aliphatic heterocycles. The van der Waals surface area contributed by atoms with Gasteiger partial charge in [-0.15, -0.1) is 0 Å². The quantitative estimate of drug-likeness (QED) is 0.807. The highest BCUT2D eigenvalue weighted by molar-refractivity contribution is 5.90. The van der Waals surface area contributed by atoms with Crippen LogP contribution >= 0.6 is 0 Å². The molecule has 0 aliphatic carbocycles. The Morgan fingerprint density at radius 1 is 1.32 bits per heavy atom. The van der Waals surface area contributed by atoms with Gasteiger partial charge in [-0.25, -0.2) is 9.18 Å². The maximum absolute atomic E-state index is 13.4. The van der Waals surface area contributed by atoms with Crippen LogP contribution in [0.25, 0.3) is 0 Å². The predicted octanol–water partition coefficient (Wildman–Crippen LogP) is 2.31. The highest BCUT2D eigenvalue weighted by Gasteiger charge is 2.48. The Hall–Kier alpha value is -2.64. The lowest BCUT2D eigenvalue weighted by Crippen LogP contribution is -2.71. The van der Waals surface area contributed by atoms with E-state index in [1.807, 2.05) is 6.92 Å². The van der Waals surface area contributed by atoms with Crippen molar-refractivity contribution < 1.29 is 23.9 Å². The third-order valence-electron chi connectivity index (χ3n) is 5.49. The van der Waals surface area contributed by atoms with E-state index in [-0.39, 0.29) is 37.1 Å². The molecule has 0 bridgehead atoms. The largest absolute Gasteiger partial charge is 0.465 e. The van der Waals surface area contributed by atoms with Gasteiger partial charge >= 0.3 is 6.09 Å². The van der Waals surface area contributed by atoms with E-state index in [1.165, 1.54) is 21.9 Å². The smallest absolute Gasteiger partial charge is 0.409 e. The van der Waals surface area contributed by atoms with Crippen LogP contribution in [-0.2, 0) is 16.0 Å². The molecule has 28 heavy (non-hydrogen) atoms. The van der Waals surface area contributed by atoms with Gasteiger partial charge in [0, 0.05) is 19.5 Å². The van der Waals surface area contributed by atoms with E-state index in [9.17, 15) is 23.9 Å². The van der Waals surface area contributed by atoms with Gasteiger partial charge in [0.1, 0.15) is 18.0 Å². The van der Waals surface area contributed by atoms with Crippen LogP contribution in [0.1, 0.15) is 38.2 Å². The SMILES string of the molecule is CCCC[C@H]1C(=O)N(CCc2cccc(F)c2)C[C@@H]2N(C(=O)O)CCC(=O)N21. The highest BCUT2D eigenvalue weighted by atomic mass is 19.1. The lowest BCUT2D eigenvalue weighted by Gasteiger charge is -2.51. The van der Waals surface area contributed by atoms with Crippen LogP contribution in [0.2, 0.25) is 0 Å². The van der Waals surface area contributed by atoms with Crippen LogP contribution in [0.3, 0.4) is 0 Å². The Morgan fingerprint density at radius 2 is 2.11 bits per heavy atom. The van der Waals surface area contributed by atoms with Crippen molar-refractivity contribution in [3.63, 3.8) is 0 Å². The van der Waals surface area contributed by atoms with Crippen molar-refractivity contribution in [2.75, 3.05) is 19.6 Å². The summed E-state index contributed by atoms with van der Waals surface area (Å²) in [6.07, 6.45) is 0.989. The summed E-state index contributed by atoms with van der Waals surface area (Å²) in [5, 5.41) is 9.56. The van der Waals surface area contributed by atoms with Crippen LogP contribution in [0.4, 0.5) is 9.18 Å². The molecule has 152 valence electrons. The van der Waals surface area contributed by atoms with Crippen LogP contribution in [0.15, 0.2) is 24.3 Å². The molecule has 7 nitrogen and oxygen atoms in total. The topological polar surface area (TPSA) is 81.2 Å². The zero-order valence-electron chi connectivity index (χ0n) is 16.0. The van der Waals surface area contributed by atoms with Crippen molar-refractivity contribution in [2.45, 2.75) is 51.2 Å². The second kappa shape index (κ2) is 8.58. The number of nitrogens with zero attached hydrogens (tertiary/aromatic N) is 3. The summed E-state index contributed by atoms with van der Waals surface area (Å²) in [5.41, 5.74) is 0.773. The number of fused-ring (bicyclic) bond motifs is 1. The first-order valence-electron chi connectivity index (χ1n) is 9.76. The van der Waals surface area contributed by atoms with Gasteiger partial charge in [0.25, 0.3) is 0 Å². The molecule has 1 aromatic rings. The first-order chi connectivity index (χ1) is 13.4. The number of amides is 3. The molecule has 0 radical (unpaired) electrons. The molecule has 3 amide bonds. The average Bonchev–Trinajstić information content (AvgIpc) is 2.66. The molecule has 2 aliphatic rings. The van der Waals surface area contributed by atoms with Gasteiger partial charge in [0.15, 0.2) is 0 Å². The Labute approximate surface area is 163 Å². The number of benzene rings is 1. The fourth-order valence-electron chi connectivity index (χ4n) is 4.04. The van der Waals surface area contributed by atoms with Crippen LogP contribution in [0.5, 0.6) is 0 Å². The molecule has 2 heterocycles. The standard InChI is InChI=1S/C20H26FN3O4/c1-2-3-7-16-19(26)22(10-8-14-5-4-6-15(21)12-14)13-17-23(20(27)28)11-9-18(25)24(16)17/h4-6,12,16-17H,2-3,7-11,13H2,1H3,(H,27,28)/t16-,17+/m0/s1. The number of carboxylic acid groups (broad SMARTS) is 1. The summed E-state index contributed by atoms with van der Waals surface area (Å²) in [4.78, 5) is 41.7. The first kappa shape index (κ1) is 20.1. The average molecular weight is 391 g/mol. The molecule has 0 saturated carbocycles. The maximum atomic E-state index is 13.4. The zero-order chi connectivity index (χ0) is 20.3. The lowest BCUT2D eigenvalue weighted by atomic mass is 9.99. The van der Waals surface area contributed by atoms with Crippen molar-refractivity contribution in [3.05, 3.63) is 35.6 Å². The molecule has 1 N–H and O–H groups in total. The minimum absolute atomic E-state index is 0.0992. The molecule has 2 atom stereocenters. The second-order valence-corrected chi connectivity index (χ2v) is 7.33. The van der Waals surface area contributed by atoms with E-state index in [0.717, 1.165) is 18.4 Å². The van der Waals surface area contributed by atoms with Gasteiger partial charge in [-0.2, -0.15) is 0 Å². The summed E-state index contributed by atoms with van der Waals surface area (Å²) in [7, 11) is 0. The van der Waals surface area contributed by atoms with Crippen molar-refractivity contribution >= 4 is 17.9 Å².